The Morgan fingerprint density at radius 1 is 1.57 bits per heavy atom. The molecule has 5 heteroatoms. The highest BCUT2D eigenvalue weighted by Gasteiger charge is 2.04. The van der Waals surface area contributed by atoms with Crippen LogP contribution in [0.3, 0.4) is 0 Å². The van der Waals surface area contributed by atoms with E-state index in [1.807, 2.05) is 0 Å². The molecule has 14 heavy (non-hydrogen) atoms. The zero-order valence-corrected chi connectivity index (χ0v) is 10.4. The first-order valence-electron chi connectivity index (χ1n) is 3.82. The number of pyridine rings is 1. The van der Waals surface area contributed by atoms with Crippen molar-refractivity contribution in [1.82, 2.24) is 10.3 Å². The van der Waals surface area contributed by atoms with Crippen LogP contribution in [0.2, 0.25) is 0 Å². The topological polar surface area (TPSA) is 42.0 Å². The molecule has 0 bridgehead atoms. The molecular formula is C9H8Br2N2O. The first-order chi connectivity index (χ1) is 6.59. The number of nitrogens with one attached hydrogen (secondary N) is 1. The van der Waals surface area contributed by atoms with E-state index < -0.39 is 0 Å². The second-order valence-corrected chi connectivity index (χ2v) is 4.50. The summed E-state index contributed by atoms with van der Waals surface area (Å²) < 4.78 is 1.44. The van der Waals surface area contributed by atoms with Gasteiger partial charge < -0.3 is 5.32 Å². The first kappa shape index (κ1) is 11.4. The smallest absolute Gasteiger partial charge is 0.253 e. The number of amides is 1. The Morgan fingerprint density at radius 2 is 2.29 bits per heavy atom. The van der Waals surface area contributed by atoms with E-state index >= 15 is 0 Å². The third-order valence-electron chi connectivity index (χ3n) is 1.43. The molecule has 0 aliphatic carbocycles. The molecule has 0 radical (unpaired) electrons. The Labute approximate surface area is 98.9 Å². The van der Waals surface area contributed by atoms with E-state index in [4.69, 9.17) is 0 Å². The van der Waals surface area contributed by atoms with Crippen molar-refractivity contribution in [1.29, 1.82) is 0 Å². The molecule has 0 aliphatic rings. The van der Waals surface area contributed by atoms with Crippen molar-refractivity contribution in [3.8, 4) is 0 Å². The second kappa shape index (κ2) is 5.26. The monoisotopic (exact) mass is 318 g/mol. The number of hydrogen-bond donors (Lipinski definition) is 1. The van der Waals surface area contributed by atoms with Gasteiger partial charge >= 0.3 is 0 Å². The average molecular weight is 320 g/mol. The van der Waals surface area contributed by atoms with Gasteiger partial charge in [-0.1, -0.05) is 22.5 Å². The number of hydrogen-bond acceptors (Lipinski definition) is 2. The number of halogens is 2. The van der Waals surface area contributed by atoms with E-state index in [9.17, 15) is 4.79 Å². The molecule has 74 valence electrons. The lowest BCUT2D eigenvalue weighted by atomic mass is 10.3. The number of carbonyl (C=O) groups excluding carboxylic acids is 1. The molecule has 1 aromatic rings. The molecule has 1 aromatic heterocycles. The van der Waals surface area contributed by atoms with Crippen LogP contribution in [-0.2, 0) is 0 Å². The summed E-state index contributed by atoms with van der Waals surface area (Å²) >= 11 is 6.35. The van der Waals surface area contributed by atoms with Crippen LogP contribution in [0.4, 0.5) is 0 Å². The Kier molecular flexibility index (Phi) is 4.28. The Bertz CT molecular complexity index is 348. The summed E-state index contributed by atoms with van der Waals surface area (Å²) in [6.45, 7) is 4.03. The molecule has 0 fully saturated rings. The van der Waals surface area contributed by atoms with Crippen molar-refractivity contribution in [2.24, 2.45) is 0 Å². The van der Waals surface area contributed by atoms with Gasteiger partial charge in [0.05, 0.1) is 5.56 Å². The standard InChI is InChI=1S/C9H8Br2N2O/c1-6(10)4-13-9(14)7-2-3-8(11)12-5-7/h2-3,5H,1,4H2,(H,13,14). The van der Waals surface area contributed by atoms with E-state index in [0.717, 1.165) is 4.48 Å². The maximum atomic E-state index is 11.4. The molecule has 0 unspecified atom stereocenters. The lowest BCUT2D eigenvalue weighted by molar-refractivity contribution is 0.0957. The maximum absolute atomic E-state index is 11.4. The predicted molar refractivity (Wildman–Crippen MR) is 62.3 cm³/mol. The maximum Gasteiger partial charge on any atom is 0.253 e. The molecule has 1 N–H and O–H groups in total. The summed E-state index contributed by atoms with van der Waals surface area (Å²) in [4.78, 5) is 15.4. The summed E-state index contributed by atoms with van der Waals surface area (Å²) in [6, 6.07) is 3.42. The van der Waals surface area contributed by atoms with E-state index in [1.165, 1.54) is 6.20 Å². The molecular weight excluding hydrogens is 312 g/mol. The highest BCUT2D eigenvalue weighted by molar-refractivity contribution is 9.11. The highest BCUT2D eigenvalue weighted by Crippen LogP contribution is 2.06. The minimum Gasteiger partial charge on any atom is -0.347 e. The fraction of sp³-hybridized carbons (Fsp3) is 0.111. The summed E-state index contributed by atoms with van der Waals surface area (Å²) in [7, 11) is 0. The van der Waals surface area contributed by atoms with Crippen LogP contribution in [0.25, 0.3) is 0 Å². The average Bonchev–Trinajstić information content (AvgIpc) is 2.15. The fourth-order valence-corrected chi connectivity index (χ4v) is 1.16. The molecule has 0 atom stereocenters. The number of nitrogens with zero attached hydrogens (tertiary/aromatic N) is 1. The van der Waals surface area contributed by atoms with Crippen molar-refractivity contribution >= 4 is 37.8 Å². The normalized spacial score (nSPS) is 9.57. The lowest BCUT2D eigenvalue weighted by Gasteiger charge is -2.03. The van der Waals surface area contributed by atoms with Gasteiger partial charge in [-0.3, -0.25) is 4.79 Å². The van der Waals surface area contributed by atoms with E-state index in [1.54, 1.807) is 12.1 Å². The third-order valence-corrected chi connectivity index (χ3v) is 2.18. The van der Waals surface area contributed by atoms with Gasteiger partial charge in [-0.15, -0.1) is 0 Å². The largest absolute Gasteiger partial charge is 0.347 e. The van der Waals surface area contributed by atoms with Crippen molar-refractivity contribution in [3.63, 3.8) is 0 Å². The van der Waals surface area contributed by atoms with E-state index in [0.29, 0.717) is 16.7 Å². The van der Waals surface area contributed by atoms with Gasteiger partial charge in [-0.2, -0.15) is 0 Å². The molecule has 1 amide bonds. The van der Waals surface area contributed by atoms with Gasteiger partial charge in [0.1, 0.15) is 4.60 Å². The van der Waals surface area contributed by atoms with Crippen molar-refractivity contribution in [3.05, 3.63) is 39.6 Å². The number of rotatable bonds is 3. The zero-order chi connectivity index (χ0) is 10.6. The van der Waals surface area contributed by atoms with E-state index in [2.05, 4.69) is 48.7 Å². The van der Waals surface area contributed by atoms with Crippen LogP contribution in [0, 0.1) is 0 Å². The molecule has 0 spiro atoms. The lowest BCUT2D eigenvalue weighted by Crippen LogP contribution is -2.24. The first-order valence-corrected chi connectivity index (χ1v) is 5.41. The molecule has 0 aliphatic heterocycles. The number of aromatic nitrogens is 1. The van der Waals surface area contributed by atoms with Crippen LogP contribution < -0.4 is 5.32 Å². The summed E-state index contributed by atoms with van der Waals surface area (Å²) in [5.74, 6) is -0.161. The van der Waals surface area contributed by atoms with Crippen molar-refractivity contribution in [2.75, 3.05) is 6.54 Å². The zero-order valence-electron chi connectivity index (χ0n) is 7.26. The SMILES string of the molecule is C=C(Br)CNC(=O)c1ccc(Br)nc1. The van der Waals surface area contributed by atoms with Crippen molar-refractivity contribution < 1.29 is 4.79 Å². The molecule has 0 saturated heterocycles. The van der Waals surface area contributed by atoms with Crippen LogP contribution in [-0.4, -0.2) is 17.4 Å². The van der Waals surface area contributed by atoms with Crippen LogP contribution in [0.5, 0.6) is 0 Å². The van der Waals surface area contributed by atoms with Gasteiger partial charge in [0, 0.05) is 17.2 Å². The molecule has 0 saturated carbocycles. The Hall–Kier alpha value is -0.680. The summed E-state index contributed by atoms with van der Waals surface area (Å²) in [5, 5.41) is 2.68. The van der Waals surface area contributed by atoms with Gasteiger partial charge in [-0.05, 0) is 28.1 Å². The highest BCUT2D eigenvalue weighted by atomic mass is 79.9. The van der Waals surface area contributed by atoms with Gasteiger partial charge in [-0.25, -0.2) is 4.98 Å². The predicted octanol–water partition coefficient (Wildman–Crippen LogP) is 2.48. The molecule has 0 aromatic carbocycles. The van der Waals surface area contributed by atoms with Crippen molar-refractivity contribution in [2.45, 2.75) is 0 Å². The third kappa shape index (κ3) is 3.59. The number of carbonyl (C=O) groups is 1. The molecule has 3 nitrogen and oxygen atoms in total. The van der Waals surface area contributed by atoms with Gasteiger partial charge in [0.15, 0.2) is 0 Å². The summed E-state index contributed by atoms with van der Waals surface area (Å²) in [6.07, 6.45) is 1.51. The minimum absolute atomic E-state index is 0.161. The fourth-order valence-electron chi connectivity index (χ4n) is 0.788. The quantitative estimate of drug-likeness (QED) is 0.870. The van der Waals surface area contributed by atoms with Gasteiger partial charge in [0.2, 0.25) is 0 Å². The molecule has 1 heterocycles. The van der Waals surface area contributed by atoms with Gasteiger partial charge in [0.25, 0.3) is 5.91 Å². The second-order valence-electron chi connectivity index (χ2n) is 2.57. The van der Waals surface area contributed by atoms with Crippen LogP contribution >= 0.6 is 31.9 Å². The summed E-state index contributed by atoms with van der Waals surface area (Å²) in [5.41, 5.74) is 0.530. The Balaban J connectivity index is 2.61. The Morgan fingerprint density at radius 3 is 2.79 bits per heavy atom. The molecule has 1 rings (SSSR count). The van der Waals surface area contributed by atoms with Crippen LogP contribution in [0.1, 0.15) is 10.4 Å². The minimum atomic E-state index is -0.161. The van der Waals surface area contributed by atoms with Crippen LogP contribution in [0.15, 0.2) is 34.0 Å². The van der Waals surface area contributed by atoms with E-state index in [-0.39, 0.29) is 5.91 Å².